The van der Waals surface area contributed by atoms with Gasteiger partial charge >= 0.3 is 0 Å². The number of anilines is 2. The zero-order valence-electron chi connectivity index (χ0n) is 21.9. The van der Waals surface area contributed by atoms with Crippen LogP contribution in [0.5, 0.6) is 5.75 Å². The molecular weight excluding hydrogens is 490 g/mol. The van der Waals surface area contributed by atoms with E-state index in [0.29, 0.717) is 22.2 Å². The quantitative estimate of drug-likeness (QED) is 0.320. The first-order valence-electron chi connectivity index (χ1n) is 12.2. The molecule has 1 fully saturated rings. The summed E-state index contributed by atoms with van der Waals surface area (Å²) in [4.78, 5) is 17.4. The second-order valence-electron chi connectivity index (χ2n) is 10.1. The van der Waals surface area contributed by atoms with Crippen molar-refractivity contribution >= 4 is 35.2 Å². The number of carbonyl (C=O) groups is 1. The third-order valence-electron chi connectivity index (χ3n) is 6.58. The Hall–Kier alpha value is -3.49. The number of aliphatic hydroxyl groups is 1. The van der Waals surface area contributed by atoms with E-state index in [1.54, 1.807) is 29.1 Å². The Bertz CT molecular complexity index is 1280. The molecule has 2 N–H and O–H groups in total. The molecule has 1 aromatic heterocycles. The predicted octanol–water partition coefficient (Wildman–Crippen LogP) is 5.02. The third-order valence-corrected chi connectivity index (χ3v) is 6.84. The molecule has 0 radical (unpaired) electrons. The van der Waals surface area contributed by atoms with Gasteiger partial charge in [0.2, 0.25) is 0 Å². The fourth-order valence-corrected chi connectivity index (χ4v) is 4.57. The van der Waals surface area contributed by atoms with Gasteiger partial charge in [0.05, 0.1) is 18.4 Å². The molecule has 37 heavy (non-hydrogen) atoms. The lowest BCUT2D eigenvalue weighted by molar-refractivity contribution is 0.0263. The Labute approximate surface area is 223 Å². The van der Waals surface area contributed by atoms with Crippen LogP contribution in [0.15, 0.2) is 59.8 Å². The lowest BCUT2D eigenvalue weighted by Gasteiger charge is -2.27. The summed E-state index contributed by atoms with van der Waals surface area (Å²) in [7, 11) is 5.35. The van der Waals surface area contributed by atoms with Crippen LogP contribution >= 0.6 is 11.6 Å². The second kappa shape index (κ2) is 10.9. The van der Waals surface area contributed by atoms with Crippen molar-refractivity contribution in [3.8, 4) is 16.9 Å². The van der Waals surface area contributed by atoms with Crippen LogP contribution in [0, 0.1) is 5.92 Å². The Morgan fingerprint density at radius 2 is 1.92 bits per heavy atom. The molecule has 1 saturated heterocycles. The third kappa shape index (κ3) is 6.26. The lowest BCUT2D eigenvalue weighted by Crippen LogP contribution is -2.33. The summed E-state index contributed by atoms with van der Waals surface area (Å²) in [5.74, 6) is 0.549. The monoisotopic (exact) mass is 523 g/mol. The highest BCUT2D eigenvalue weighted by molar-refractivity contribution is 6.30. The number of nitrogens with one attached hydrogen (secondary N) is 1. The van der Waals surface area contributed by atoms with E-state index in [4.69, 9.17) is 16.3 Å². The van der Waals surface area contributed by atoms with Crippen LogP contribution in [0.25, 0.3) is 11.1 Å². The van der Waals surface area contributed by atoms with E-state index in [0.717, 1.165) is 36.3 Å². The van der Waals surface area contributed by atoms with Gasteiger partial charge in [-0.25, -0.2) is 4.68 Å². The van der Waals surface area contributed by atoms with Crippen LogP contribution in [-0.4, -0.2) is 66.8 Å². The number of hydrogen-bond acceptors (Lipinski definition) is 5. The van der Waals surface area contributed by atoms with Crippen LogP contribution in [0.4, 0.5) is 11.4 Å². The normalized spacial score (nSPS) is 15.9. The Morgan fingerprint density at radius 3 is 2.54 bits per heavy atom. The molecule has 2 aromatic carbocycles. The minimum Gasteiger partial charge on any atom is -0.495 e. The summed E-state index contributed by atoms with van der Waals surface area (Å²) in [5.41, 5.74) is 2.99. The number of carbonyl (C=O) groups excluding carboxylic acids is 1. The van der Waals surface area contributed by atoms with Gasteiger partial charge in [0.25, 0.3) is 5.91 Å². The molecule has 1 aliphatic heterocycles. The average molecular weight is 524 g/mol. The van der Waals surface area contributed by atoms with Crippen molar-refractivity contribution in [3.05, 3.63) is 65.4 Å². The van der Waals surface area contributed by atoms with E-state index in [-0.39, 0.29) is 11.8 Å². The molecular formula is C28H34ClN5O3. The second-order valence-corrected chi connectivity index (χ2v) is 10.5. The molecule has 0 aliphatic carbocycles. The van der Waals surface area contributed by atoms with Gasteiger partial charge in [0.15, 0.2) is 0 Å². The van der Waals surface area contributed by atoms with Crippen molar-refractivity contribution in [3.63, 3.8) is 0 Å². The van der Waals surface area contributed by atoms with Crippen molar-refractivity contribution < 1.29 is 14.6 Å². The van der Waals surface area contributed by atoms with E-state index < -0.39 is 5.60 Å². The topological polar surface area (TPSA) is 82.3 Å². The van der Waals surface area contributed by atoms with Crippen LogP contribution in [0.3, 0.4) is 0 Å². The first-order valence-corrected chi connectivity index (χ1v) is 12.6. The fourth-order valence-electron chi connectivity index (χ4n) is 4.44. The summed E-state index contributed by atoms with van der Waals surface area (Å²) in [5, 5.41) is 18.5. The van der Waals surface area contributed by atoms with Gasteiger partial charge in [0.1, 0.15) is 17.8 Å². The summed E-state index contributed by atoms with van der Waals surface area (Å²) >= 11 is 6.04. The number of benzene rings is 2. The van der Waals surface area contributed by atoms with Gasteiger partial charge in [-0.2, -0.15) is 5.10 Å². The number of amides is 1. The van der Waals surface area contributed by atoms with Gasteiger partial charge in [-0.1, -0.05) is 23.7 Å². The van der Waals surface area contributed by atoms with Crippen LogP contribution < -0.4 is 15.0 Å². The molecule has 196 valence electrons. The first-order chi connectivity index (χ1) is 17.5. The molecule has 8 nitrogen and oxygen atoms in total. The number of ether oxygens (including phenoxy) is 1. The maximum atomic E-state index is 13.4. The number of halogens is 1. The average Bonchev–Trinajstić information content (AvgIpc) is 3.51. The molecule has 9 heteroatoms. The molecule has 1 aliphatic rings. The smallest absolute Gasteiger partial charge is 0.274 e. The van der Waals surface area contributed by atoms with E-state index in [1.165, 1.54) is 0 Å². The maximum absolute atomic E-state index is 13.4. The van der Waals surface area contributed by atoms with Crippen molar-refractivity contribution in [2.45, 2.75) is 25.9 Å². The molecule has 2 heterocycles. The minimum atomic E-state index is -0.731. The molecule has 1 atom stereocenters. The number of hydrogen-bond donors (Lipinski definition) is 2. The van der Waals surface area contributed by atoms with Gasteiger partial charge < -0.3 is 25.0 Å². The van der Waals surface area contributed by atoms with Crippen LogP contribution in [-0.2, 0) is 0 Å². The van der Waals surface area contributed by atoms with Gasteiger partial charge in [0, 0.05) is 61.6 Å². The Balaban J connectivity index is 1.58. The van der Waals surface area contributed by atoms with Crippen LogP contribution in [0.1, 0.15) is 30.8 Å². The summed E-state index contributed by atoms with van der Waals surface area (Å²) in [6.07, 6.45) is 4.36. The van der Waals surface area contributed by atoms with Gasteiger partial charge in [-0.15, -0.1) is 0 Å². The highest BCUT2D eigenvalue weighted by Gasteiger charge is 2.34. The molecule has 0 bridgehead atoms. The number of aromatic nitrogens is 1. The highest BCUT2D eigenvalue weighted by atomic mass is 35.5. The van der Waals surface area contributed by atoms with Gasteiger partial charge in [-0.3, -0.25) is 4.79 Å². The van der Waals surface area contributed by atoms with Gasteiger partial charge in [-0.05, 0) is 56.2 Å². The zero-order valence-corrected chi connectivity index (χ0v) is 22.7. The van der Waals surface area contributed by atoms with E-state index in [9.17, 15) is 9.90 Å². The van der Waals surface area contributed by atoms with Crippen molar-refractivity contribution in [2.24, 2.45) is 11.0 Å². The molecule has 0 saturated carbocycles. The lowest BCUT2D eigenvalue weighted by atomic mass is 9.90. The molecule has 1 unspecified atom stereocenters. The number of nitrogens with zero attached hydrogens (tertiary/aromatic N) is 4. The number of methoxy groups -OCH3 is 1. The molecule has 3 aromatic rings. The largest absolute Gasteiger partial charge is 0.495 e. The summed E-state index contributed by atoms with van der Waals surface area (Å²) in [6, 6.07) is 14.9. The van der Waals surface area contributed by atoms with E-state index in [2.05, 4.69) is 15.3 Å². The van der Waals surface area contributed by atoms with E-state index in [1.807, 2.05) is 76.6 Å². The standard InChI is InChI=1S/C28H34ClN5O3/c1-28(2,36)21-12-13-33(17-21)24-11-10-23(15-26(24)37-5)31-27(35)25-14-20(16-34(25)30-18-32(3)4)19-6-8-22(29)9-7-19/h6-11,14-16,18,21,36H,12-13,17H2,1-5H3,(H,31,35)/b30-18+. The van der Waals surface area contributed by atoms with E-state index >= 15 is 0 Å². The fraction of sp³-hybridized carbons (Fsp3) is 0.357. The summed E-state index contributed by atoms with van der Waals surface area (Å²) in [6.45, 7) is 5.29. The molecule has 1 amide bonds. The molecule has 0 spiro atoms. The Kier molecular flexibility index (Phi) is 7.80. The summed E-state index contributed by atoms with van der Waals surface area (Å²) < 4.78 is 7.23. The maximum Gasteiger partial charge on any atom is 0.274 e. The Morgan fingerprint density at radius 1 is 1.19 bits per heavy atom. The van der Waals surface area contributed by atoms with Crippen molar-refractivity contribution in [1.29, 1.82) is 0 Å². The van der Waals surface area contributed by atoms with Crippen LogP contribution in [0.2, 0.25) is 5.02 Å². The zero-order chi connectivity index (χ0) is 26.7. The predicted molar refractivity (Wildman–Crippen MR) is 150 cm³/mol. The SMILES string of the molecule is COc1cc(NC(=O)c2cc(-c3ccc(Cl)cc3)cn2/N=C/N(C)C)ccc1N1CCC(C(C)(C)O)C1. The van der Waals surface area contributed by atoms with Crippen molar-refractivity contribution in [1.82, 2.24) is 9.58 Å². The first kappa shape index (κ1) is 26.6. The molecule has 4 rings (SSSR count). The number of rotatable bonds is 8. The highest BCUT2D eigenvalue weighted by Crippen LogP contribution is 2.37. The minimum absolute atomic E-state index is 0.182. The van der Waals surface area contributed by atoms with Crippen molar-refractivity contribution in [2.75, 3.05) is 44.5 Å².